The highest BCUT2D eigenvalue weighted by Gasteiger charge is 2.35. The molecule has 0 bridgehead atoms. The summed E-state index contributed by atoms with van der Waals surface area (Å²) >= 11 is 5.54. The lowest BCUT2D eigenvalue weighted by Gasteiger charge is -2.44. The Morgan fingerprint density at radius 2 is 1.81 bits per heavy atom. The maximum absolute atomic E-state index is 6.16. The minimum Gasteiger partial charge on any atom is -0.490 e. The van der Waals surface area contributed by atoms with Gasteiger partial charge >= 0.3 is 0 Å². The maximum Gasteiger partial charge on any atom is 0.119 e. The summed E-state index contributed by atoms with van der Waals surface area (Å²) in [5, 5.41) is 3.38. The van der Waals surface area contributed by atoms with Crippen LogP contribution in [0.25, 0.3) is 0 Å². The summed E-state index contributed by atoms with van der Waals surface area (Å²) in [4.78, 5) is 6.03. The number of rotatable bonds is 6. The third kappa shape index (κ3) is 5.01. The van der Waals surface area contributed by atoms with Crippen LogP contribution in [-0.4, -0.2) is 59.2 Å². The molecule has 27 heavy (non-hydrogen) atoms. The lowest BCUT2D eigenvalue weighted by molar-refractivity contribution is 0.00893. The highest BCUT2D eigenvalue weighted by Crippen LogP contribution is 2.31. The van der Waals surface area contributed by atoms with Crippen LogP contribution in [0.2, 0.25) is 0 Å². The van der Waals surface area contributed by atoms with Crippen molar-refractivity contribution in [1.29, 1.82) is 0 Å². The summed E-state index contributed by atoms with van der Waals surface area (Å²) in [6.07, 6.45) is 9.46. The van der Waals surface area contributed by atoms with Gasteiger partial charge in [0.25, 0.3) is 0 Å². The predicted octanol–water partition coefficient (Wildman–Crippen LogP) is 4.31. The molecule has 148 valence electrons. The lowest BCUT2D eigenvalue weighted by atomic mass is 9.86. The molecule has 2 saturated heterocycles. The average Bonchev–Trinajstić information content (AvgIpc) is 3.04. The molecule has 0 radical (unpaired) electrons. The Hall–Kier alpha value is -1.17. The van der Waals surface area contributed by atoms with E-state index in [2.05, 4.69) is 46.3 Å². The number of thiocarbonyl (C=S) groups is 1. The number of hydrogen-bond donors (Lipinski definition) is 1. The van der Waals surface area contributed by atoms with Crippen LogP contribution in [0.3, 0.4) is 0 Å². The zero-order chi connectivity index (χ0) is 18.6. The van der Waals surface area contributed by atoms with E-state index in [0.717, 1.165) is 35.6 Å². The highest BCUT2D eigenvalue weighted by molar-refractivity contribution is 7.80. The fourth-order valence-electron chi connectivity index (χ4n) is 4.64. The van der Waals surface area contributed by atoms with Gasteiger partial charge in [-0.2, -0.15) is 0 Å². The Morgan fingerprint density at radius 3 is 2.48 bits per heavy atom. The van der Waals surface area contributed by atoms with Gasteiger partial charge < -0.3 is 15.0 Å². The number of anilines is 1. The zero-order valence-corrected chi connectivity index (χ0v) is 17.3. The van der Waals surface area contributed by atoms with Gasteiger partial charge in [-0.05, 0) is 76.5 Å². The van der Waals surface area contributed by atoms with Gasteiger partial charge in [0.05, 0.1) is 4.99 Å². The molecule has 3 fully saturated rings. The fraction of sp³-hybridized carbons (Fsp3) is 0.682. The van der Waals surface area contributed by atoms with Crippen LogP contribution in [-0.2, 0) is 0 Å². The number of nitrogens with one attached hydrogen (secondary N) is 1. The first-order valence-corrected chi connectivity index (χ1v) is 11.1. The van der Waals surface area contributed by atoms with E-state index < -0.39 is 0 Å². The number of hydrogen-bond acceptors (Lipinski definition) is 4. The van der Waals surface area contributed by atoms with Gasteiger partial charge in [0.1, 0.15) is 11.9 Å². The van der Waals surface area contributed by atoms with Crippen LogP contribution in [0.1, 0.15) is 51.9 Å². The molecule has 1 saturated carbocycles. The zero-order valence-electron chi connectivity index (χ0n) is 16.5. The van der Waals surface area contributed by atoms with E-state index in [-0.39, 0.29) is 0 Å². The van der Waals surface area contributed by atoms with Crippen LogP contribution in [0.15, 0.2) is 24.3 Å². The second-order valence-electron chi connectivity index (χ2n) is 8.50. The quantitative estimate of drug-likeness (QED) is 0.735. The first kappa shape index (κ1) is 19.2. The van der Waals surface area contributed by atoms with Crippen molar-refractivity contribution in [3.63, 3.8) is 0 Å². The van der Waals surface area contributed by atoms with E-state index in [4.69, 9.17) is 17.0 Å². The van der Waals surface area contributed by atoms with Crippen molar-refractivity contribution in [3.8, 4) is 5.75 Å². The van der Waals surface area contributed by atoms with Crippen molar-refractivity contribution in [2.45, 2.75) is 70.1 Å². The summed E-state index contributed by atoms with van der Waals surface area (Å²) < 4.78 is 6.16. The van der Waals surface area contributed by atoms with Crippen molar-refractivity contribution in [2.75, 3.05) is 31.5 Å². The Balaban J connectivity index is 1.19. The summed E-state index contributed by atoms with van der Waals surface area (Å²) in [5.74, 6) is 0.974. The average molecular weight is 388 g/mol. The minimum atomic E-state index is 0.383. The van der Waals surface area contributed by atoms with E-state index in [1.807, 2.05) is 0 Å². The van der Waals surface area contributed by atoms with E-state index in [1.54, 1.807) is 0 Å². The summed E-state index contributed by atoms with van der Waals surface area (Å²) in [6, 6.07) is 9.69. The lowest BCUT2D eigenvalue weighted by Crippen LogP contribution is -2.50. The molecule has 2 aliphatic heterocycles. The highest BCUT2D eigenvalue weighted by atomic mass is 32.1. The Morgan fingerprint density at radius 1 is 1.07 bits per heavy atom. The Labute approximate surface area is 169 Å². The molecule has 1 atom stereocenters. The van der Waals surface area contributed by atoms with E-state index >= 15 is 0 Å². The first-order valence-electron chi connectivity index (χ1n) is 10.7. The molecule has 1 unspecified atom stereocenters. The number of piperidine rings is 1. The standard InChI is InChI=1S/C22H33N3OS/c1-17-6-5-13-25(17)16-22(27)23-18-7-9-20(10-8-18)26-21-14-19(15-21)24-11-3-2-4-12-24/h7-10,17,19,21H,2-6,11-16H2,1H3,(H,23,27). The van der Waals surface area contributed by atoms with Crippen LogP contribution in [0.4, 0.5) is 5.69 Å². The number of benzene rings is 1. The molecule has 4 rings (SSSR count). The molecule has 1 N–H and O–H groups in total. The van der Waals surface area contributed by atoms with E-state index in [0.29, 0.717) is 12.1 Å². The molecule has 4 nitrogen and oxygen atoms in total. The van der Waals surface area contributed by atoms with Gasteiger partial charge in [-0.25, -0.2) is 0 Å². The monoisotopic (exact) mass is 387 g/mol. The molecule has 0 spiro atoms. The van der Waals surface area contributed by atoms with Gasteiger partial charge in [0.2, 0.25) is 0 Å². The normalized spacial score (nSPS) is 29.3. The summed E-state index contributed by atoms with van der Waals surface area (Å²) in [5.41, 5.74) is 1.05. The summed E-state index contributed by atoms with van der Waals surface area (Å²) in [7, 11) is 0. The smallest absolute Gasteiger partial charge is 0.119 e. The number of likely N-dealkylation sites (tertiary alicyclic amines) is 2. The van der Waals surface area contributed by atoms with Crippen molar-refractivity contribution in [2.24, 2.45) is 0 Å². The maximum atomic E-state index is 6.16. The molecular weight excluding hydrogens is 354 g/mol. The second-order valence-corrected chi connectivity index (χ2v) is 8.99. The first-order chi connectivity index (χ1) is 13.2. The molecule has 1 aromatic rings. The van der Waals surface area contributed by atoms with Gasteiger partial charge in [0, 0.05) is 37.2 Å². The minimum absolute atomic E-state index is 0.383. The molecule has 3 aliphatic rings. The Kier molecular flexibility index (Phi) is 6.31. The number of nitrogens with zero attached hydrogens (tertiary/aromatic N) is 2. The molecule has 1 aromatic carbocycles. The second kappa shape index (κ2) is 8.89. The predicted molar refractivity (Wildman–Crippen MR) is 116 cm³/mol. The van der Waals surface area contributed by atoms with Crippen molar-refractivity contribution >= 4 is 22.9 Å². The molecular formula is C22H33N3OS. The Bertz CT molecular complexity index is 623. The van der Waals surface area contributed by atoms with E-state index in [9.17, 15) is 0 Å². The van der Waals surface area contributed by atoms with Crippen LogP contribution < -0.4 is 10.1 Å². The topological polar surface area (TPSA) is 27.7 Å². The molecule has 2 heterocycles. The van der Waals surface area contributed by atoms with Gasteiger partial charge in [0.15, 0.2) is 0 Å². The van der Waals surface area contributed by atoms with Crippen molar-refractivity contribution < 1.29 is 4.74 Å². The van der Waals surface area contributed by atoms with Gasteiger partial charge in [-0.1, -0.05) is 18.6 Å². The number of ether oxygens (including phenoxy) is 1. The van der Waals surface area contributed by atoms with Crippen molar-refractivity contribution in [3.05, 3.63) is 24.3 Å². The van der Waals surface area contributed by atoms with E-state index in [1.165, 1.54) is 58.0 Å². The third-order valence-electron chi connectivity index (χ3n) is 6.46. The van der Waals surface area contributed by atoms with Crippen LogP contribution in [0, 0.1) is 0 Å². The van der Waals surface area contributed by atoms with Crippen LogP contribution >= 0.6 is 12.2 Å². The molecule has 0 amide bonds. The van der Waals surface area contributed by atoms with Crippen molar-refractivity contribution in [1.82, 2.24) is 9.80 Å². The molecule has 0 aromatic heterocycles. The molecule has 5 heteroatoms. The van der Waals surface area contributed by atoms with Crippen LogP contribution in [0.5, 0.6) is 5.75 Å². The SMILES string of the molecule is CC1CCCN1CC(=S)Nc1ccc(OC2CC(N3CCCCC3)C2)cc1. The summed E-state index contributed by atoms with van der Waals surface area (Å²) in [6.45, 7) is 6.88. The third-order valence-corrected chi connectivity index (χ3v) is 6.69. The van der Waals surface area contributed by atoms with Gasteiger partial charge in [-0.3, -0.25) is 4.90 Å². The largest absolute Gasteiger partial charge is 0.490 e. The van der Waals surface area contributed by atoms with Gasteiger partial charge in [-0.15, -0.1) is 0 Å². The fourth-order valence-corrected chi connectivity index (χ4v) is 4.92. The molecule has 1 aliphatic carbocycles.